The van der Waals surface area contributed by atoms with E-state index in [1.54, 1.807) is 23.0 Å². The molecule has 15 heavy (non-hydrogen) atoms. The molecule has 1 heterocycles. The van der Waals surface area contributed by atoms with Gasteiger partial charge in [0.05, 0.1) is 17.2 Å². The molecule has 2 aromatic rings. The van der Waals surface area contributed by atoms with Gasteiger partial charge in [0.1, 0.15) is 11.6 Å². The number of rotatable bonds is 2. The third kappa shape index (κ3) is 2.18. The molecule has 0 bridgehead atoms. The van der Waals surface area contributed by atoms with Gasteiger partial charge < -0.3 is 5.73 Å². The van der Waals surface area contributed by atoms with Crippen LogP contribution in [0.1, 0.15) is 5.56 Å². The summed E-state index contributed by atoms with van der Waals surface area (Å²) in [6.45, 7) is 0.539. The SMILES string of the molecule is Nc1c(Br)cnn1Cc1ccc(F)cc1. The average molecular weight is 270 g/mol. The van der Waals surface area contributed by atoms with Crippen LogP contribution in [0, 0.1) is 5.82 Å². The lowest BCUT2D eigenvalue weighted by Crippen LogP contribution is -2.05. The van der Waals surface area contributed by atoms with Gasteiger partial charge >= 0.3 is 0 Å². The summed E-state index contributed by atoms with van der Waals surface area (Å²) in [6, 6.07) is 6.27. The molecule has 0 unspecified atom stereocenters. The van der Waals surface area contributed by atoms with E-state index in [-0.39, 0.29) is 5.82 Å². The normalized spacial score (nSPS) is 10.5. The predicted octanol–water partition coefficient (Wildman–Crippen LogP) is 2.42. The Hall–Kier alpha value is -1.36. The van der Waals surface area contributed by atoms with Crippen molar-refractivity contribution in [2.24, 2.45) is 0 Å². The van der Waals surface area contributed by atoms with Crippen LogP contribution < -0.4 is 5.73 Å². The van der Waals surface area contributed by atoms with Crippen LogP contribution in [0.5, 0.6) is 0 Å². The summed E-state index contributed by atoms with van der Waals surface area (Å²) in [6.07, 6.45) is 1.64. The summed E-state index contributed by atoms with van der Waals surface area (Å²) < 4.78 is 15.1. The molecule has 0 aliphatic rings. The van der Waals surface area contributed by atoms with E-state index < -0.39 is 0 Å². The Morgan fingerprint density at radius 1 is 1.33 bits per heavy atom. The fourth-order valence-electron chi connectivity index (χ4n) is 1.26. The maximum Gasteiger partial charge on any atom is 0.136 e. The molecule has 0 aliphatic heterocycles. The summed E-state index contributed by atoms with van der Waals surface area (Å²) >= 11 is 3.27. The number of hydrogen-bond acceptors (Lipinski definition) is 2. The molecule has 0 saturated heterocycles. The monoisotopic (exact) mass is 269 g/mol. The number of anilines is 1. The highest BCUT2D eigenvalue weighted by Gasteiger charge is 2.04. The van der Waals surface area contributed by atoms with Gasteiger partial charge in [-0.1, -0.05) is 12.1 Å². The van der Waals surface area contributed by atoms with E-state index in [0.717, 1.165) is 10.0 Å². The number of nitrogens with zero attached hydrogens (tertiary/aromatic N) is 2. The van der Waals surface area contributed by atoms with Crippen LogP contribution in [-0.4, -0.2) is 9.78 Å². The first-order valence-corrected chi connectivity index (χ1v) is 5.17. The molecule has 3 nitrogen and oxygen atoms in total. The van der Waals surface area contributed by atoms with Crippen molar-refractivity contribution in [1.82, 2.24) is 9.78 Å². The minimum atomic E-state index is -0.242. The number of hydrogen-bond donors (Lipinski definition) is 1. The summed E-state index contributed by atoms with van der Waals surface area (Å²) in [4.78, 5) is 0. The number of halogens is 2. The van der Waals surface area contributed by atoms with E-state index in [1.165, 1.54) is 12.1 Å². The van der Waals surface area contributed by atoms with Gasteiger partial charge in [-0.2, -0.15) is 5.10 Å². The molecular formula is C10H9BrFN3. The molecule has 0 radical (unpaired) electrons. The van der Waals surface area contributed by atoms with Gasteiger partial charge in [0, 0.05) is 0 Å². The van der Waals surface area contributed by atoms with Crippen LogP contribution in [0.25, 0.3) is 0 Å². The molecule has 0 atom stereocenters. The van der Waals surface area contributed by atoms with E-state index in [9.17, 15) is 4.39 Å². The highest BCUT2D eigenvalue weighted by Crippen LogP contribution is 2.18. The van der Waals surface area contributed by atoms with Crippen LogP contribution in [0.3, 0.4) is 0 Å². The Morgan fingerprint density at radius 3 is 2.53 bits per heavy atom. The van der Waals surface area contributed by atoms with Crippen molar-refractivity contribution in [3.8, 4) is 0 Å². The first kappa shape index (κ1) is 10.2. The van der Waals surface area contributed by atoms with E-state index in [1.807, 2.05) is 0 Å². The molecular weight excluding hydrogens is 261 g/mol. The number of benzene rings is 1. The molecule has 0 amide bonds. The third-order valence-corrected chi connectivity index (χ3v) is 2.69. The zero-order chi connectivity index (χ0) is 10.8. The largest absolute Gasteiger partial charge is 0.383 e. The maximum atomic E-state index is 12.7. The molecule has 1 aromatic carbocycles. The van der Waals surface area contributed by atoms with Crippen molar-refractivity contribution < 1.29 is 4.39 Å². The van der Waals surface area contributed by atoms with Gasteiger partial charge in [-0.3, -0.25) is 0 Å². The zero-order valence-electron chi connectivity index (χ0n) is 7.82. The van der Waals surface area contributed by atoms with E-state index >= 15 is 0 Å². The molecule has 0 fully saturated rings. The number of nitrogen functional groups attached to an aromatic ring is 1. The van der Waals surface area contributed by atoms with Crippen LogP contribution >= 0.6 is 15.9 Å². The maximum absolute atomic E-state index is 12.7. The van der Waals surface area contributed by atoms with Gasteiger partial charge in [0.2, 0.25) is 0 Å². The standard InChI is InChI=1S/C10H9BrFN3/c11-9-5-14-15(10(9)13)6-7-1-3-8(12)4-2-7/h1-5H,6,13H2. The van der Waals surface area contributed by atoms with Crippen LogP contribution in [0.4, 0.5) is 10.2 Å². The van der Waals surface area contributed by atoms with Crippen LogP contribution in [-0.2, 0) is 6.54 Å². The second-order valence-corrected chi connectivity index (χ2v) is 4.02. The van der Waals surface area contributed by atoms with Gasteiger partial charge in [0.15, 0.2) is 0 Å². The van der Waals surface area contributed by atoms with Crippen LogP contribution in [0.15, 0.2) is 34.9 Å². The van der Waals surface area contributed by atoms with Gasteiger partial charge in [-0.05, 0) is 33.6 Å². The Kier molecular flexibility index (Phi) is 2.73. The van der Waals surface area contributed by atoms with Gasteiger partial charge in [-0.15, -0.1) is 0 Å². The van der Waals surface area contributed by atoms with Crippen molar-refractivity contribution in [3.05, 3.63) is 46.3 Å². The van der Waals surface area contributed by atoms with Crippen molar-refractivity contribution >= 4 is 21.7 Å². The fourth-order valence-corrected chi connectivity index (χ4v) is 1.56. The van der Waals surface area contributed by atoms with Crippen molar-refractivity contribution in [2.75, 3.05) is 5.73 Å². The second kappa shape index (κ2) is 4.02. The highest BCUT2D eigenvalue weighted by atomic mass is 79.9. The summed E-state index contributed by atoms with van der Waals surface area (Å²) in [7, 11) is 0. The fraction of sp³-hybridized carbons (Fsp3) is 0.100. The lowest BCUT2D eigenvalue weighted by atomic mass is 10.2. The van der Waals surface area contributed by atoms with Crippen LogP contribution in [0.2, 0.25) is 0 Å². The third-order valence-electron chi connectivity index (χ3n) is 2.08. The molecule has 0 aliphatic carbocycles. The molecule has 5 heteroatoms. The van der Waals surface area contributed by atoms with E-state index in [4.69, 9.17) is 5.73 Å². The molecule has 2 N–H and O–H groups in total. The Bertz CT molecular complexity index is 464. The lowest BCUT2D eigenvalue weighted by molar-refractivity contribution is 0.625. The molecule has 1 aromatic heterocycles. The summed E-state index contributed by atoms with van der Waals surface area (Å²) in [5, 5.41) is 4.08. The molecule has 0 saturated carbocycles. The minimum absolute atomic E-state index is 0.242. The average Bonchev–Trinajstić information content (AvgIpc) is 2.53. The molecule has 0 spiro atoms. The smallest absolute Gasteiger partial charge is 0.136 e. The summed E-state index contributed by atoms with van der Waals surface area (Å²) in [5.41, 5.74) is 6.72. The van der Waals surface area contributed by atoms with Gasteiger partial charge in [-0.25, -0.2) is 9.07 Å². The quantitative estimate of drug-likeness (QED) is 0.910. The first-order chi connectivity index (χ1) is 7.16. The minimum Gasteiger partial charge on any atom is -0.383 e. The topological polar surface area (TPSA) is 43.8 Å². The lowest BCUT2D eigenvalue weighted by Gasteiger charge is -2.04. The number of nitrogens with two attached hydrogens (primary N) is 1. The second-order valence-electron chi connectivity index (χ2n) is 3.16. The van der Waals surface area contributed by atoms with Crippen molar-refractivity contribution in [2.45, 2.75) is 6.54 Å². The number of aromatic nitrogens is 2. The molecule has 78 valence electrons. The highest BCUT2D eigenvalue weighted by molar-refractivity contribution is 9.10. The van der Waals surface area contributed by atoms with Crippen molar-refractivity contribution in [1.29, 1.82) is 0 Å². The van der Waals surface area contributed by atoms with Gasteiger partial charge in [0.25, 0.3) is 0 Å². The summed E-state index contributed by atoms with van der Waals surface area (Å²) in [5.74, 6) is 0.327. The molecule has 2 rings (SSSR count). The van der Waals surface area contributed by atoms with E-state index in [0.29, 0.717) is 12.4 Å². The van der Waals surface area contributed by atoms with Crippen molar-refractivity contribution in [3.63, 3.8) is 0 Å². The van der Waals surface area contributed by atoms with E-state index in [2.05, 4.69) is 21.0 Å². The Morgan fingerprint density at radius 2 is 2.00 bits per heavy atom. The Balaban J connectivity index is 2.22. The Labute approximate surface area is 94.8 Å². The first-order valence-electron chi connectivity index (χ1n) is 4.38. The zero-order valence-corrected chi connectivity index (χ0v) is 9.41. The predicted molar refractivity (Wildman–Crippen MR) is 59.8 cm³/mol.